The summed E-state index contributed by atoms with van der Waals surface area (Å²) in [4.78, 5) is 22.9. The van der Waals surface area contributed by atoms with Crippen molar-refractivity contribution in [3.05, 3.63) is 71.3 Å². The van der Waals surface area contributed by atoms with Crippen LogP contribution in [-0.2, 0) is 11.2 Å². The van der Waals surface area contributed by atoms with E-state index in [2.05, 4.69) is 0 Å². The van der Waals surface area contributed by atoms with Gasteiger partial charge in [0, 0.05) is 17.5 Å². The first kappa shape index (κ1) is 14.5. The molecule has 0 saturated heterocycles. The van der Waals surface area contributed by atoms with Crippen LogP contribution in [-0.4, -0.2) is 11.0 Å². The number of carbonyl (C=O) groups excluding carboxylic acids is 2. The zero-order valence-corrected chi connectivity index (χ0v) is 11.8. The highest BCUT2D eigenvalue weighted by Crippen LogP contribution is 2.13. The summed E-state index contributed by atoms with van der Waals surface area (Å²) in [6.07, 6.45) is 1.90. The molecule has 0 fully saturated rings. The van der Waals surface area contributed by atoms with E-state index in [-0.39, 0.29) is 11.0 Å². The Morgan fingerprint density at radius 3 is 2.05 bits per heavy atom. The maximum absolute atomic E-state index is 12.2. The van der Waals surface area contributed by atoms with E-state index in [4.69, 9.17) is 11.6 Å². The third-order valence-electron chi connectivity index (χ3n) is 3.09. The number of hydrogen-bond donors (Lipinski definition) is 0. The second-order valence-corrected chi connectivity index (χ2v) is 5.02. The molecule has 0 radical (unpaired) electrons. The van der Waals surface area contributed by atoms with E-state index in [9.17, 15) is 9.59 Å². The summed E-state index contributed by atoms with van der Waals surface area (Å²) >= 11 is 5.30. The van der Waals surface area contributed by atoms with Crippen LogP contribution >= 0.6 is 11.6 Å². The Morgan fingerprint density at radius 1 is 0.850 bits per heavy atom. The monoisotopic (exact) mass is 286 g/mol. The summed E-state index contributed by atoms with van der Waals surface area (Å²) in [5.41, 5.74) is 2.47. The van der Waals surface area contributed by atoms with Gasteiger partial charge in [0.25, 0.3) is 0 Å². The first-order valence-corrected chi connectivity index (χ1v) is 6.91. The van der Waals surface area contributed by atoms with Gasteiger partial charge in [-0.1, -0.05) is 54.6 Å². The quantitative estimate of drug-likeness (QED) is 0.594. The van der Waals surface area contributed by atoms with Crippen LogP contribution in [0.15, 0.2) is 54.6 Å². The molecule has 0 amide bonds. The van der Waals surface area contributed by atoms with E-state index in [1.165, 1.54) is 0 Å². The molecule has 2 aromatic rings. The second kappa shape index (κ2) is 7.01. The Bertz CT molecular complexity index is 588. The van der Waals surface area contributed by atoms with E-state index in [0.717, 1.165) is 18.4 Å². The minimum absolute atomic E-state index is 0.0214. The summed E-state index contributed by atoms with van der Waals surface area (Å²) in [5.74, 6) is 0.0214. The molecular weight excluding hydrogens is 272 g/mol. The van der Waals surface area contributed by atoms with Gasteiger partial charge >= 0.3 is 0 Å². The van der Waals surface area contributed by atoms with Gasteiger partial charge < -0.3 is 0 Å². The largest absolute Gasteiger partial charge is 0.289 e. The molecular formula is C17H15ClO2. The van der Waals surface area contributed by atoms with Crippen LogP contribution in [0, 0.1) is 0 Å². The Balaban J connectivity index is 2.01. The Kier molecular flexibility index (Phi) is 5.08. The Hall–Kier alpha value is -1.93. The Morgan fingerprint density at radius 2 is 1.45 bits per heavy atom. The van der Waals surface area contributed by atoms with Crippen LogP contribution < -0.4 is 0 Å². The maximum atomic E-state index is 12.2. The molecule has 2 rings (SSSR count). The van der Waals surface area contributed by atoms with Crippen molar-refractivity contribution in [1.29, 1.82) is 0 Å². The normalized spacial score (nSPS) is 10.2. The van der Waals surface area contributed by atoms with Crippen molar-refractivity contribution in [2.75, 3.05) is 0 Å². The number of aryl methyl sites for hydroxylation is 1. The van der Waals surface area contributed by atoms with Gasteiger partial charge in [0.1, 0.15) is 0 Å². The highest BCUT2D eigenvalue weighted by Gasteiger charge is 2.08. The lowest BCUT2D eigenvalue weighted by molar-refractivity contribution is -0.111. The van der Waals surface area contributed by atoms with E-state index in [1.54, 1.807) is 0 Å². The summed E-state index contributed by atoms with van der Waals surface area (Å²) in [6, 6.07) is 16.7. The standard InChI is InChI=1S/C17H15ClO2/c18-16(19)8-4-5-13-9-11-15(12-10-13)17(20)14-6-2-1-3-7-14/h1-3,6-7,9-12H,4-5,8H2. The molecule has 2 aromatic carbocycles. The molecule has 20 heavy (non-hydrogen) atoms. The highest BCUT2D eigenvalue weighted by atomic mass is 35.5. The number of rotatable bonds is 6. The average molecular weight is 287 g/mol. The van der Waals surface area contributed by atoms with Gasteiger partial charge in [-0.25, -0.2) is 0 Å². The molecule has 102 valence electrons. The molecule has 0 saturated carbocycles. The molecule has 0 aliphatic heterocycles. The second-order valence-electron chi connectivity index (χ2n) is 4.60. The molecule has 2 nitrogen and oxygen atoms in total. The van der Waals surface area contributed by atoms with E-state index >= 15 is 0 Å². The lowest BCUT2D eigenvalue weighted by Gasteiger charge is -2.03. The molecule has 0 bridgehead atoms. The molecule has 3 heteroatoms. The van der Waals surface area contributed by atoms with Crippen molar-refractivity contribution in [2.24, 2.45) is 0 Å². The van der Waals surface area contributed by atoms with Crippen molar-refractivity contribution in [3.8, 4) is 0 Å². The number of carbonyl (C=O) groups is 2. The van der Waals surface area contributed by atoms with E-state index < -0.39 is 0 Å². The van der Waals surface area contributed by atoms with Crippen molar-refractivity contribution in [3.63, 3.8) is 0 Å². The molecule has 0 aliphatic carbocycles. The highest BCUT2D eigenvalue weighted by molar-refractivity contribution is 6.63. The van der Waals surface area contributed by atoms with Gasteiger partial charge in [-0.05, 0) is 30.0 Å². The summed E-state index contributed by atoms with van der Waals surface area (Å²) < 4.78 is 0. The maximum Gasteiger partial charge on any atom is 0.221 e. The predicted octanol–water partition coefficient (Wildman–Crippen LogP) is 4.01. The topological polar surface area (TPSA) is 34.1 Å². The lowest BCUT2D eigenvalue weighted by Crippen LogP contribution is -2.01. The minimum atomic E-state index is -0.305. The zero-order valence-electron chi connectivity index (χ0n) is 11.0. The number of ketones is 1. The molecule has 0 heterocycles. The van der Waals surface area contributed by atoms with Gasteiger partial charge in [0.2, 0.25) is 5.24 Å². The molecule has 0 aliphatic rings. The Labute approximate surface area is 123 Å². The molecule has 0 spiro atoms. The van der Waals surface area contributed by atoms with Gasteiger partial charge in [0.05, 0.1) is 0 Å². The molecule has 0 unspecified atom stereocenters. The summed E-state index contributed by atoms with van der Waals surface area (Å²) in [5, 5.41) is -0.305. The van der Waals surface area contributed by atoms with Crippen molar-refractivity contribution in [1.82, 2.24) is 0 Å². The van der Waals surface area contributed by atoms with Crippen molar-refractivity contribution >= 4 is 22.6 Å². The fourth-order valence-corrected chi connectivity index (χ4v) is 2.14. The lowest BCUT2D eigenvalue weighted by atomic mass is 10.0. The zero-order chi connectivity index (χ0) is 14.4. The number of benzene rings is 2. The summed E-state index contributed by atoms with van der Waals surface area (Å²) in [6.45, 7) is 0. The van der Waals surface area contributed by atoms with Gasteiger partial charge in [-0.2, -0.15) is 0 Å². The van der Waals surface area contributed by atoms with Crippen LogP contribution in [0.2, 0.25) is 0 Å². The number of halogens is 1. The third-order valence-corrected chi connectivity index (χ3v) is 3.28. The van der Waals surface area contributed by atoms with Gasteiger partial charge in [0.15, 0.2) is 5.78 Å². The first-order valence-electron chi connectivity index (χ1n) is 6.54. The van der Waals surface area contributed by atoms with E-state index in [0.29, 0.717) is 17.5 Å². The fraction of sp³-hybridized carbons (Fsp3) is 0.176. The molecule has 0 aromatic heterocycles. The van der Waals surface area contributed by atoms with Crippen molar-refractivity contribution in [2.45, 2.75) is 19.3 Å². The SMILES string of the molecule is O=C(Cl)CCCc1ccc(C(=O)c2ccccc2)cc1. The van der Waals surface area contributed by atoms with Crippen LogP contribution in [0.25, 0.3) is 0 Å². The predicted molar refractivity (Wildman–Crippen MR) is 80.1 cm³/mol. The molecule has 0 atom stereocenters. The smallest absolute Gasteiger partial charge is 0.221 e. The van der Waals surface area contributed by atoms with E-state index in [1.807, 2.05) is 54.6 Å². The number of hydrogen-bond acceptors (Lipinski definition) is 2. The average Bonchev–Trinajstić information content (AvgIpc) is 2.48. The third kappa shape index (κ3) is 4.04. The minimum Gasteiger partial charge on any atom is -0.289 e. The van der Waals surface area contributed by atoms with Gasteiger partial charge in [-0.15, -0.1) is 0 Å². The van der Waals surface area contributed by atoms with Crippen LogP contribution in [0.4, 0.5) is 0 Å². The van der Waals surface area contributed by atoms with Crippen LogP contribution in [0.3, 0.4) is 0 Å². The molecule has 0 N–H and O–H groups in total. The first-order chi connectivity index (χ1) is 9.66. The van der Waals surface area contributed by atoms with Crippen molar-refractivity contribution < 1.29 is 9.59 Å². The summed E-state index contributed by atoms with van der Waals surface area (Å²) in [7, 11) is 0. The van der Waals surface area contributed by atoms with Crippen LogP contribution in [0.1, 0.15) is 34.3 Å². The fourth-order valence-electron chi connectivity index (χ4n) is 2.01. The van der Waals surface area contributed by atoms with Gasteiger partial charge in [-0.3, -0.25) is 9.59 Å². The van der Waals surface area contributed by atoms with Crippen LogP contribution in [0.5, 0.6) is 0 Å².